The molecule has 5 atom stereocenters. The van der Waals surface area contributed by atoms with Gasteiger partial charge in [0.15, 0.2) is 0 Å². The quantitative estimate of drug-likeness (QED) is 0.0566. The van der Waals surface area contributed by atoms with Crippen LogP contribution in [0.3, 0.4) is 0 Å². The van der Waals surface area contributed by atoms with E-state index in [1.54, 1.807) is 38.1 Å². The molecule has 0 spiro atoms. The van der Waals surface area contributed by atoms with Gasteiger partial charge in [-0.15, -0.1) is 0 Å². The zero-order valence-corrected chi connectivity index (χ0v) is 58.2. The molecule has 14 nitrogen and oxygen atoms in total. The van der Waals surface area contributed by atoms with Gasteiger partial charge in [-0.05, 0) is 150 Å². The minimum absolute atomic E-state index is 0. The van der Waals surface area contributed by atoms with Gasteiger partial charge in [0.25, 0.3) is 0 Å². The van der Waals surface area contributed by atoms with Crippen LogP contribution in [0.1, 0.15) is 84.3 Å². The van der Waals surface area contributed by atoms with E-state index in [-0.39, 0.29) is 78.7 Å². The third-order valence-electron chi connectivity index (χ3n) is 14.4. The molecule has 3 saturated heterocycles. The standard InChI is InChI=1S/C21H23NO3.C20H21NO4.C13H15NO3.C8H9Br.C8H10O.Br3P.H2/c1-15-8-10-18(11-9-15)12-16(2)20(23)22-19(14-25-21(22)24)13-17-6-4-3-5-7-17;1-14(11-16-7-9-18(22)10-8-16)19(23)21-17(13-25-20(21)24)12-15-5-3-2-4-6-15;1-2-12(15)14-11(9-17-13(14)16)8-10-6-4-3-5-7-10;2*1-7-2-4-8(6-9)5-3-7;1-4(2)3;/h3-11,16,19H,12-14H2,1-2H3;2-10,14,17,22H,11-13H2,1H3;3-7,11H,2,8-9H2,1H3;2-5H,6H2,1H3;2-5,9H,6H2,1H3;;1H/t16-,19+;14-,17-;11-;;;;/m000..../s1. The molecule has 10 rings (SSSR count). The number of cyclic esters (lactones) is 3. The third kappa shape index (κ3) is 25.3. The van der Waals surface area contributed by atoms with E-state index in [9.17, 15) is 33.9 Å². The average Bonchev–Trinajstić information content (AvgIpc) is 2.17. The third-order valence-corrected chi connectivity index (χ3v) is 15.1. The van der Waals surface area contributed by atoms with Crippen molar-refractivity contribution in [3.05, 3.63) is 244 Å². The number of phenols is 1. The number of ether oxygens (including phenoxy) is 3. The van der Waals surface area contributed by atoms with E-state index in [2.05, 4.69) is 93.6 Å². The molecular weight excluding hydrogens is 1410 g/mol. The van der Waals surface area contributed by atoms with Crippen LogP contribution in [0.2, 0.25) is 0 Å². The molecule has 0 saturated carbocycles. The number of aliphatic hydroxyl groups excluding tert-OH is 1. The zero-order valence-electron chi connectivity index (χ0n) is 50.9. The summed E-state index contributed by atoms with van der Waals surface area (Å²) in [6.07, 6.45) is 1.68. The van der Waals surface area contributed by atoms with E-state index >= 15 is 0 Å². The second-order valence-electron chi connectivity index (χ2n) is 21.6. The van der Waals surface area contributed by atoms with Crippen molar-refractivity contribution in [3.8, 4) is 5.75 Å². The van der Waals surface area contributed by atoms with Gasteiger partial charge >= 0.3 is 18.3 Å². The predicted octanol–water partition coefficient (Wildman–Crippen LogP) is 16.9. The molecule has 3 aliphatic heterocycles. The molecule has 0 unspecified atom stereocenters. The summed E-state index contributed by atoms with van der Waals surface area (Å²) in [5.41, 5.74) is 11.3. The van der Waals surface area contributed by atoms with Crippen LogP contribution >= 0.6 is 66.4 Å². The molecular formula is C70H80Br4N3O11P. The highest BCUT2D eigenvalue weighted by atomic mass is 80.0. The molecule has 3 aliphatic rings. The van der Waals surface area contributed by atoms with Crippen molar-refractivity contribution in [2.45, 2.75) is 110 Å². The van der Waals surface area contributed by atoms with Gasteiger partial charge in [0.1, 0.15) is 29.6 Å². The largest absolute Gasteiger partial charge is 0.508 e. The highest BCUT2D eigenvalue weighted by Crippen LogP contribution is 2.59. The van der Waals surface area contributed by atoms with Crippen molar-refractivity contribution in [1.29, 1.82) is 0 Å². The van der Waals surface area contributed by atoms with E-state index in [4.69, 9.17) is 19.3 Å². The molecule has 474 valence electrons. The van der Waals surface area contributed by atoms with E-state index in [0.29, 0.717) is 45.1 Å². The van der Waals surface area contributed by atoms with Gasteiger partial charge in [0, 0.05) is 25.0 Å². The summed E-state index contributed by atoms with van der Waals surface area (Å²) in [5, 5.41) is 18.9. The van der Waals surface area contributed by atoms with E-state index in [1.165, 1.54) is 37.0 Å². The maximum atomic E-state index is 12.9. The Bertz CT molecular complexity index is 3110. The Morgan fingerprint density at radius 3 is 1.09 bits per heavy atom. The molecule has 2 N–H and O–H groups in total. The number of aryl methyl sites for hydroxylation is 3. The predicted molar refractivity (Wildman–Crippen MR) is 368 cm³/mol. The van der Waals surface area contributed by atoms with Gasteiger partial charge in [-0.25, -0.2) is 29.1 Å². The number of rotatable bonds is 15. The van der Waals surface area contributed by atoms with Crippen molar-refractivity contribution in [1.82, 2.24) is 14.7 Å². The maximum absolute atomic E-state index is 12.9. The molecule has 0 bridgehead atoms. The SMILES string of the molecule is BrP(Br)Br.CCC(=O)N1C(=O)OC[C@@H]1Cc1ccccc1.C[C@@H](Cc1ccc(O)cc1)C(=O)N1C(=O)OC[C@@H]1Cc1ccccc1.Cc1ccc(CBr)cc1.Cc1ccc(CO)cc1.Cc1ccc(C[C@H](C)C(=O)N2C(=O)OC[C@H]2Cc2ccccc2)cc1.[HH]. The first-order valence-electron chi connectivity index (χ1n) is 29.2. The number of amides is 6. The number of halogens is 4. The second kappa shape index (κ2) is 38.9. The van der Waals surface area contributed by atoms with Crippen LogP contribution in [-0.2, 0) is 72.6 Å². The van der Waals surface area contributed by atoms with Gasteiger partial charge in [-0.1, -0.05) is 229 Å². The van der Waals surface area contributed by atoms with Crippen LogP contribution in [-0.4, -0.2) is 98.9 Å². The summed E-state index contributed by atoms with van der Waals surface area (Å²) < 4.78 is 15.0. The molecule has 0 radical (unpaired) electrons. The molecule has 3 heterocycles. The number of hydrogen-bond acceptors (Lipinski definition) is 11. The number of nitrogens with zero attached hydrogens (tertiary/aromatic N) is 3. The number of carbonyl (C=O) groups excluding carboxylic acids is 6. The maximum Gasteiger partial charge on any atom is 0.416 e. The lowest BCUT2D eigenvalue weighted by atomic mass is 9.98. The molecule has 3 fully saturated rings. The number of aromatic hydroxyl groups is 1. The van der Waals surface area contributed by atoms with Gasteiger partial charge in [0.05, 0.1) is 24.7 Å². The number of alkyl halides is 1. The van der Waals surface area contributed by atoms with Crippen LogP contribution in [0.5, 0.6) is 5.75 Å². The fourth-order valence-electron chi connectivity index (χ4n) is 9.59. The summed E-state index contributed by atoms with van der Waals surface area (Å²) >= 11 is 12.9. The van der Waals surface area contributed by atoms with Gasteiger partial charge < -0.3 is 24.4 Å². The van der Waals surface area contributed by atoms with E-state index < -0.39 is 18.3 Å². The summed E-state index contributed by atoms with van der Waals surface area (Å²) in [6.45, 7) is 12.5. The average molecular weight is 1490 g/mol. The minimum atomic E-state index is -0.566. The lowest BCUT2D eigenvalue weighted by Gasteiger charge is -2.23. The van der Waals surface area contributed by atoms with Gasteiger partial charge in [0.2, 0.25) is 17.7 Å². The molecule has 7 aromatic carbocycles. The van der Waals surface area contributed by atoms with Crippen LogP contribution < -0.4 is 0 Å². The van der Waals surface area contributed by atoms with Crippen LogP contribution in [0.25, 0.3) is 0 Å². The first-order chi connectivity index (χ1) is 42.7. The second-order valence-corrected chi connectivity index (χ2v) is 37.5. The lowest BCUT2D eigenvalue weighted by molar-refractivity contribution is -0.133. The molecule has 19 heteroatoms. The molecule has 0 aliphatic carbocycles. The summed E-state index contributed by atoms with van der Waals surface area (Å²) in [5.74, 6) is -0.997. The number of hydrogen-bond donors (Lipinski definition) is 2. The number of aliphatic hydroxyl groups is 1. The van der Waals surface area contributed by atoms with Crippen LogP contribution in [0.4, 0.5) is 14.4 Å². The van der Waals surface area contributed by atoms with Crippen molar-refractivity contribution >= 4 is 102 Å². The number of imide groups is 3. The number of carbonyl (C=O) groups is 6. The van der Waals surface area contributed by atoms with Gasteiger partial charge in [-0.2, -0.15) is 0 Å². The summed E-state index contributed by atoms with van der Waals surface area (Å²) in [6, 6.07) is 60.0. The minimum Gasteiger partial charge on any atom is -0.508 e. The molecule has 89 heavy (non-hydrogen) atoms. The fraction of sp³-hybridized carbons (Fsp3) is 0.314. The van der Waals surface area contributed by atoms with Crippen molar-refractivity contribution < 1.29 is 54.6 Å². The Hall–Kier alpha value is -6.53. The Morgan fingerprint density at radius 1 is 0.483 bits per heavy atom. The van der Waals surface area contributed by atoms with E-state index in [0.717, 1.165) is 38.7 Å². The lowest BCUT2D eigenvalue weighted by Crippen LogP contribution is -2.43. The van der Waals surface area contributed by atoms with Crippen molar-refractivity contribution in [2.24, 2.45) is 11.8 Å². The van der Waals surface area contributed by atoms with Crippen LogP contribution in [0.15, 0.2) is 188 Å². The molecule has 7 aromatic rings. The van der Waals surface area contributed by atoms with Gasteiger partial charge in [-0.3, -0.25) is 14.4 Å². The Morgan fingerprint density at radius 2 is 0.775 bits per heavy atom. The van der Waals surface area contributed by atoms with E-state index in [1.807, 2.05) is 160 Å². The zero-order chi connectivity index (χ0) is 64.8. The Balaban J connectivity index is 0.000000248. The Kier molecular flexibility index (Phi) is 32.0. The van der Waals surface area contributed by atoms with Crippen molar-refractivity contribution in [2.75, 3.05) is 19.8 Å². The Labute approximate surface area is 558 Å². The topological polar surface area (TPSA) is 180 Å². The highest BCUT2D eigenvalue weighted by molar-refractivity contribution is 9.93. The summed E-state index contributed by atoms with van der Waals surface area (Å²) in [7, 11) is 0. The monoisotopic (exact) mass is 1490 g/mol. The smallest absolute Gasteiger partial charge is 0.416 e. The normalized spacial score (nSPS) is 16.2. The number of phenolic OH excluding ortho intramolecular Hbond substituents is 1. The molecule has 0 aromatic heterocycles. The first kappa shape index (κ1) is 73.2. The van der Waals surface area contributed by atoms with Crippen molar-refractivity contribution in [3.63, 3.8) is 0 Å². The van der Waals surface area contributed by atoms with Crippen LogP contribution in [0, 0.1) is 32.6 Å². The fourth-order valence-corrected chi connectivity index (χ4v) is 9.96. The number of benzene rings is 7. The highest BCUT2D eigenvalue weighted by Gasteiger charge is 2.41. The summed E-state index contributed by atoms with van der Waals surface area (Å²) in [4.78, 5) is 76.7. The molecule has 6 amide bonds. The first-order valence-corrected chi connectivity index (χ1v) is 37.7.